The Morgan fingerprint density at radius 1 is 0.524 bits per heavy atom. The van der Waals surface area contributed by atoms with E-state index in [0.717, 1.165) is 0 Å². The van der Waals surface area contributed by atoms with Crippen LogP contribution in [0.25, 0.3) is 17.5 Å². The fourth-order valence-corrected chi connectivity index (χ4v) is 1.11. The quantitative estimate of drug-likeness (QED) is 0.771. The van der Waals surface area contributed by atoms with Crippen LogP contribution in [0, 0.1) is 0 Å². The van der Waals surface area contributed by atoms with Crippen LogP contribution in [0.15, 0.2) is 18.2 Å². The first-order valence-corrected chi connectivity index (χ1v) is 4.55. The van der Waals surface area contributed by atoms with Crippen molar-refractivity contribution in [3.8, 4) is 0 Å². The molecular weight excluding hydrogens is 321 g/mol. The fourth-order valence-electron chi connectivity index (χ4n) is 1.11. The first-order chi connectivity index (χ1) is 9.68. The van der Waals surface area contributed by atoms with Crippen LogP contribution in [0.1, 0.15) is 17.0 Å². The molecule has 1 aromatic rings. The van der Waals surface area contributed by atoms with E-state index >= 15 is 0 Å². The molecular formula is C9F9N3. The van der Waals surface area contributed by atoms with Gasteiger partial charge in [-0.3, -0.25) is 0 Å². The molecule has 1 aromatic heterocycles. The molecule has 0 unspecified atom stereocenters. The zero-order valence-electron chi connectivity index (χ0n) is 9.24. The minimum atomic E-state index is -3.22. The van der Waals surface area contributed by atoms with Crippen molar-refractivity contribution in [3.63, 3.8) is 0 Å². The third-order valence-electron chi connectivity index (χ3n) is 1.90. The Balaban J connectivity index is 3.87. The Hall–Kier alpha value is -2.40. The second-order valence-corrected chi connectivity index (χ2v) is 3.08. The van der Waals surface area contributed by atoms with Crippen molar-refractivity contribution in [1.29, 1.82) is 0 Å². The van der Waals surface area contributed by atoms with E-state index < -0.39 is 52.7 Å². The van der Waals surface area contributed by atoms with Crippen LogP contribution >= 0.6 is 0 Å². The zero-order chi connectivity index (χ0) is 16.3. The van der Waals surface area contributed by atoms with E-state index in [0.29, 0.717) is 0 Å². The van der Waals surface area contributed by atoms with E-state index in [9.17, 15) is 39.5 Å². The van der Waals surface area contributed by atoms with Gasteiger partial charge in [0.25, 0.3) is 0 Å². The summed E-state index contributed by atoms with van der Waals surface area (Å²) in [5, 5.41) is 7.42. The Labute approximate surface area is 109 Å². The lowest BCUT2D eigenvalue weighted by atomic mass is 10.1. The number of hydrogen-bond acceptors (Lipinski definition) is 3. The standard InChI is InChI=1S/C9F9N3/c10-2(7(13)14)1-5(3(11)8(15)16)19-21-20-6(1)4(12)9(17)18. The molecule has 0 saturated heterocycles. The molecule has 0 spiro atoms. The lowest BCUT2D eigenvalue weighted by molar-refractivity contribution is 0.404. The van der Waals surface area contributed by atoms with Gasteiger partial charge in [-0.05, 0) is 5.21 Å². The van der Waals surface area contributed by atoms with Crippen LogP contribution in [0.4, 0.5) is 39.5 Å². The summed E-state index contributed by atoms with van der Waals surface area (Å²) in [4.78, 5) is 0. The summed E-state index contributed by atoms with van der Waals surface area (Å²) in [7, 11) is 0. The third-order valence-corrected chi connectivity index (χ3v) is 1.90. The van der Waals surface area contributed by atoms with Crippen molar-refractivity contribution in [2.75, 3.05) is 0 Å². The highest BCUT2D eigenvalue weighted by Gasteiger charge is 2.29. The van der Waals surface area contributed by atoms with Gasteiger partial charge in [-0.2, -0.15) is 35.1 Å². The highest BCUT2D eigenvalue weighted by atomic mass is 19.3. The van der Waals surface area contributed by atoms with Crippen LogP contribution in [0.2, 0.25) is 0 Å². The molecule has 0 fully saturated rings. The molecule has 0 amide bonds. The van der Waals surface area contributed by atoms with Crippen molar-refractivity contribution < 1.29 is 39.5 Å². The van der Waals surface area contributed by atoms with Crippen LogP contribution in [0.3, 0.4) is 0 Å². The highest BCUT2D eigenvalue weighted by Crippen LogP contribution is 2.36. The van der Waals surface area contributed by atoms with Gasteiger partial charge in [-0.1, -0.05) is 0 Å². The summed E-state index contributed by atoms with van der Waals surface area (Å²) in [6, 6.07) is 0. The largest absolute Gasteiger partial charge is 0.308 e. The lowest BCUT2D eigenvalue weighted by Gasteiger charge is -2.06. The average Bonchev–Trinajstić information content (AvgIpc) is 2.43. The van der Waals surface area contributed by atoms with Gasteiger partial charge in [-0.15, -0.1) is 10.2 Å². The maximum atomic E-state index is 13.2. The first kappa shape index (κ1) is 16.7. The van der Waals surface area contributed by atoms with Gasteiger partial charge in [0.2, 0.25) is 11.7 Å². The molecule has 0 N–H and O–H groups in total. The molecule has 0 aromatic carbocycles. The Morgan fingerprint density at radius 3 is 1.14 bits per heavy atom. The van der Waals surface area contributed by atoms with Gasteiger partial charge in [0, 0.05) is 0 Å². The molecule has 1 rings (SSSR count). The molecule has 0 aliphatic rings. The van der Waals surface area contributed by atoms with Crippen molar-refractivity contribution in [2.24, 2.45) is 0 Å². The van der Waals surface area contributed by atoms with Crippen molar-refractivity contribution in [1.82, 2.24) is 15.4 Å². The molecule has 0 radical (unpaired) electrons. The SMILES string of the molecule is FC(F)=C(F)c1nnnc(C(F)=C(F)F)c1C(F)=C(F)F. The van der Waals surface area contributed by atoms with E-state index in [1.165, 1.54) is 0 Å². The summed E-state index contributed by atoms with van der Waals surface area (Å²) >= 11 is 0. The number of rotatable bonds is 3. The van der Waals surface area contributed by atoms with Crippen LogP contribution < -0.4 is 0 Å². The molecule has 0 bridgehead atoms. The van der Waals surface area contributed by atoms with Crippen molar-refractivity contribution >= 4 is 17.5 Å². The molecule has 3 nitrogen and oxygen atoms in total. The maximum absolute atomic E-state index is 13.2. The zero-order valence-corrected chi connectivity index (χ0v) is 9.24. The minimum Gasteiger partial charge on any atom is -0.200 e. The second kappa shape index (κ2) is 6.37. The fraction of sp³-hybridized carbons (Fsp3) is 0. The van der Waals surface area contributed by atoms with Crippen LogP contribution in [0.5, 0.6) is 0 Å². The first-order valence-electron chi connectivity index (χ1n) is 4.55. The van der Waals surface area contributed by atoms with E-state index in [-0.39, 0.29) is 0 Å². The van der Waals surface area contributed by atoms with Gasteiger partial charge in [0.05, 0.1) is 5.56 Å². The monoisotopic (exact) mass is 321 g/mol. The third kappa shape index (κ3) is 3.38. The summed E-state index contributed by atoms with van der Waals surface area (Å²) in [6.45, 7) is 0. The van der Waals surface area contributed by atoms with Crippen LogP contribution in [-0.4, -0.2) is 15.4 Å². The van der Waals surface area contributed by atoms with E-state index in [1.54, 1.807) is 0 Å². The second-order valence-electron chi connectivity index (χ2n) is 3.08. The summed E-state index contributed by atoms with van der Waals surface area (Å²) < 4.78 is 112. The van der Waals surface area contributed by atoms with Crippen molar-refractivity contribution in [2.45, 2.75) is 0 Å². The van der Waals surface area contributed by atoms with Gasteiger partial charge >= 0.3 is 18.2 Å². The normalized spacial score (nSPS) is 10.1. The number of nitrogens with zero attached hydrogens (tertiary/aromatic N) is 3. The van der Waals surface area contributed by atoms with Gasteiger partial charge in [-0.25, -0.2) is 4.39 Å². The number of halogens is 9. The topological polar surface area (TPSA) is 38.7 Å². The highest BCUT2D eigenvalue weighted by molar-refractivity contribution is 5.79. The minimum absolute atomic E-state index is 1.90. The van der Waals surface area contributed by atoms with E-state index in [4.69, 9.17) is 0 Å². The number of hydrogen-bond donors (Lipinski definition) is 0. The van der Waals surface area contributed by atoms with E-state index in [2.05, 4.69) is 15.4 Å². The molecule has 1 heterocycles. The lowest BCUT2D eigenvalue weighted by Crippen LogP contribution is -2.06. The number of aromatic nitrogens is 3. The van der Waals surface area contributed by atoms with E-state index in [1.807, 2.05) is 0 Å². The molecule has 0 aliphatic carbocycles. The Morgan fingerprint density at radius 2 is 0.857 bits per heavy atom. The predicted octanol–water partition coefficient (Wildman–Crippen LogP) is 4.48. The molecule has 0 aliphatic heterocycles. The van der Waals surface area contributed by atoms with Crippen LogP contribution in [-0.2, 0) is 0 Å². The van der Waals surface area contributed by atoms with Gasteiger partial charge < -0.3 is 0 Å². The molecule has 0 saturated carbocycles. The smallest absolute Gasteiger partial charge is 0.200 e. The van der Waals surface area contributed by atoms with Gasteiger partial charge in [0.1, 0.15) is 11.4 Å². The maximum Gasteiger partial charge on any atom is 0.308 e. The Bertz CT molecular complexity index is 610. The summed E-state index contributed by atoms with van der Waals surface area (Å²) in [5.41, 5.74) is -5.82. The summed E-state index contributed by atoms with van der Waals surface area (Å²) in [6.07, 6.45) is -9.49. The average molecular weight is 321 g/mol. The molecule has 12 heteroatoms. The molecule has 21 heavy (non-hydrogen) atoms. The Kier molecular flexibility index (Phi) is 5.05. The predicted molar refractivity (Wildman–Crippen MR) is 50.6 cm³/mol. The molecule has 0 atom stereocenters. The summed E-state index contributed by atoms with van der Waals surface area (Å²) in [5.74, 6) is -8.05. The molecule has 114 valence electrons. The van der Waals surface area contributed by atoms with Crippen molar-refractivity contribution in [3.05, 3.63) is 35.2 Å². The van der Waals surface area contributed by atoms with Gasteiger partial charge in [0.15, 0.2) is 5.83 Å².